The van der Waals surface area contributed by atoms with Gasteiger partial charge in [0.25, 0.3) is 5.91 Å². The first kappa shape index (κ1) is 14.8. The van der Waals surface area contributed by atoms with Crippen molar-refractivity contribution in [2.45, 2.75) is 19.3 Å². The number of carbonyl (C=O) groups is 2. The highest BCUT2D eigenvalue weighted by Crippen LogP contribution is 2.23. The lowest BCUT2D eigenvalue weighted by molar-refractivity contribution is -0.142. The van der Waals surface area contributed by atoms with Gasteiger partial charge in [-0.25, -0.2) is 0 Å². The Morgan fingerprint density at radius 1 is 1.33 bits per heavy atom. The van der Waals surface area contributed by atoms with Crippen LogP contribution in [-0.4, -0.2) is 28.7 Å². The SMILES string of the molecule is Cc1cc(C(=O)NCC(C)(C(=O)O)c2ccccc2)on1. The van der Waals surface area contributed by atoms with Gasteiger partial charge >= 0.3 is 5.97 Å². The van der Waals surface area contributed by atoms with Crippen LogP contribution in [0.1, 0.15) is 28.7 Å². The molecule has 2 aromatic rings. The van der Waals surface area contributed by atoms with E-state index >= 15 is 0 Å². The number of aromatic nitrogens is 1. The van der Waals surface area contributed by atoms with Crippen molar-refractivity contribution in [1.82, 2.24) is 10.5 Å². The Hall–Kier alpha value is -2.63. The van der Waals surface area contributed by atoms with Crippen LogP contribution in [0.15, 0.2) is 40.9 Å². The molecule has 1 amide bonds. The third-order valence-electron chi connectivity index (χ3n) is 3.34. The molecule has 2 N–H and O–H groups in total. The third-order valence-corrected chi connectivity index (χ3v) is 3.34. The van der Waals surface area contributed by atoms with Crippen LogP contribution < -0.4 is 5.32 Å². The summed E-state index contributed by atoms with van der Waals surface area (Å²) in [5.41, 5.74) is -0.0119. The van der Waals surface area contributed by atoms with Gasteiger partial charge < -0.3 is 14.9 Å². The molecule has 0 radical (unpaired) electrons. The van der Waals surface area contributed by atoms with Crippen molar-refractivity contribution >= 4 is 11.9 Å². The molecule has 1 aromatic heterocycles. The number of aryl methyl sites for hydroxylation is 1. The average Bonchev–Trinajstić information content (AvgIpc) is 2.91. The van der Waals surface area contributed by atoms with E-state index in [4.69, 9.17) is 4.52 Å². The lowest BCUT2D eigenvalue weighted by Gasteiger charge is -2.25. The molecule has 0 aliphatic heterocycles. The van der Waals surface area contributed by atoms with Crippen molar-refractivity contribution in [1.29, 1.82) is 0 Å². The number of rotatable bonds is 5. The van der Waals surface area contributed by atoms with Gasteiger partial charge in [-0.1, -0.05) is 35.5 Å². The van der Waals surface area contributed by atoms with Gasteiger partial charge in [0, 0.05) is 12.6 Å². The van der Waals surface area contributed by atoms with E-state index in [0.29, 0.717) is 11.3 Å². The molecule has 0 spiro atoms. The van der Waals surface area contributed by atoms with Crippen LogP contribution in [-0.2, 0) is 10.2 Å². The lowest BCUT2D eigenvalue weighted by Crippen LogP contribution is -2.44. The molecule has 1 aromatic carbocycles. The molecule has 2 rings (SSSR count). The molecule has 6 heteroatoms. The van der Waals surface area contributed by atoms with Gasteiger partial charge in [0.15, 0.2) is 0 Å². The van der Waals surface area contributed by atoms with Gasteiger partial charge in [-0.05, 0) is 19.4 Å². The van der Waals surface area contributed by atoms with E-state index in [1.807, 2.05) is 6.07 Å². The highest BCUT2D eigenvalue weighted by atomic mass is 16.5. The van der Waals surface area contributed by atoms with Gasteiger partial charge in [0.05, 0.1) is 5.69 Å². The largest absolute Gasteiger partial charge is 0.481 e. The van der Waals surface area contributed by atoms with Crippen LogP contribution in [0, 0.1) is 6.92 Å². The molecule has 0 aliphatic carbocycles. The van der Waals surface area contributed by atoms with Crippen molar-refractivity contribution in [3.63, 3.8) is 0 Å². The van der Waals surface area contributed by atoms with E-state index in [1.165, 1.54) is 6.07 Å². The van der Waals surface area contributed by atoms with Crippen LogP contribution >= 0.6 is 0 Å². The van der Waals surface area contributed by atoms with E-state index < -0.39 is 17.3 Å². The molecule has 6 nitrogen and oxygen atoms in total. The lowest BCUT2D eigenvalue weighted by atomic mass is 9.82. The topological polar surface area (TPSA) is 92.4 Å². The smallest absolute Gasteiger partial charge is 0.315 e. The van der Waals surface area contributed by atoms with Gasteiger partial charge in [0.1, 0.15) is 5.41 Å². The van der Waals surface area contributed by atoms with E-state index in [1.54, 1.807) is 38.1 Å². The number of nitrogens with one attached hydrogen (secondary N) is 1. The first-order valence-corrected chi connectivity index (χ1v) is 6.44. The zero-order valence-electron chi connectivity index (χ0n) is 11.8. The molecular weight excluding hydrogens is 272 g/mol. The molecule has 110 valence electrons. The van der Waals surface area contributed by atoms with Crippen molar-refractivity contribution in [3.8, 4) is 0 Å². The quantitative estimate of drug-likeness (QED) is 0.874. The zero-order valence-corrected chi connectivity index (χ0v) is 11.8. The summed E-state index contributed by atoms with van der Waals surface area (Å²) in [5.74, 6) is -1.44. The van der Waals surface area contributed by atoms with Crippen LogP contribution in [0.5, 0.6) is 0 Å². The molecule has 0 fully saturated rings. The summed E-state index contributed by atoms with van der Waals surface area (Å²) in [5, 5.41) is 15.7. The minimum atomic E-state index is -1.22. The molecular formula is C15H16N2O4. The maximum absolute atomic E-state index is 11.9. The second-order valence-corrected chi connectivity index (χ2v) is 5.02. The summed E-state index contributed by atoms with van der Waals surface area (Å²) < 4.78 is 4.85. The maximum Gasteiger partial charge on any atom is 0.315 e. The van der Waals surface area contributed by atoms with Crippen LogP contribution in [0.4, 0.5) is 0 Å². The van der Waals surface area contributed by atoms with Crippen molar-refractivity contribution < 1.29 is 19.2 Å². The Morgan fingerprint density at radius 3 is 2.52 bits per heavy atom. The number of aliphatic carboxylic acids is 1. The summed E-state index contributed by atoms with van der Waals surface area (Å²) in [6.07, 6.45) is 0. The fourth-order valence-electron chi connectivity index (χ4n) is 1.92. The van der Waals surface area contributed by atoms with Crippen molar-refractivity contribution in [3.05, 3.63) is 53.4 Å². The normalized spacial score (nSPS) is 13.4. The molecule has 1 heterocycles. The summed E-state index contributed by atoms with van der Waals surface area (Å²) >= 11 is 0. The van der Waals surface area contributed by atoms with Gasteiger partial charge in [0.2, 0.25) is 5.76 Å². The maximum atomic E-state index is 11.9. The fourth-order valence-corrected chi connectivity index (χ4v) is 1.92. The Kier molecular flexibility index (Phi) is 4.07. The third kappa shape index (κ3) is 3.10. The molecule has 0 bridgehead atoms. The summed E-state index contributed by atoms with van der Waals surface area (Å²) in [4.78, 5) is 23.5. The predicted molar refractivity (Wildman–Crippen MR) is 75.0 cm³/mol. The van der Waals surface area contributed by atoms with E-state index in [-0.39, 0.29) is 12.3 Å². The van der Waals surface area contributed by atoms with E-state index in [0.717, 1.165) is 0 Å². The van der Waals surface area contributed by atoms with E-state index in [9.17, 15) is 14.7 Å². The van der Waals surface area contributed by atoms with E-state index in [2.05, 4.69) is 10.5 Å². The molecule has 0 saturated carbocycles. The van der Waals surface area contributed by atoms with Gasteiger partial charge in [-0.3, -0.25) is 9.59 Å². The Morgan fingerprint density at radius 2 is 2.00 bits per heavy atom. The number of carbonyl (C=O) groups excluding carboxylic acids is 1. The molecule has 21 heavy (non-hydrogen) atoms. The minimum absolute atomic E-state index is 0.0507. The first-order valence-electron chi connectivity index (χ1n) is 6.44. The standard InChI is InChI=1S/C15H16N2O4/c1-10-8-12(21-17-10)13(18)16-9-15(2,14(19)20)11-6-4-3-5-7-11/h3-8H,9H2,1-2H3,(H,16,18)(H,19,20). The summed E-state index contributed by atoms with van der Waals surface area (Å²) in [7, 11) is 0. The number of benzene rings is 1. The second kappa shape index (κ2) is 5.78. The molecule has 0 aliphatic rings. The monoisotopic (exact) mass is 288 g/mol. The fraction of sp³-hybridized carbons (Fsp3) is 0.267. The highest BCUT2D eigenvalue weighted by Gasteiger charge is 2.35. The van der Waals surface area contributed by atoms with Crippen LogP contribution in [0.25, 0.3) is 0 Å². The Bertz CT molecular complexity index is 651. The summed E-state index contributed by atoms with van der Waals surface area (Å²) in [6.45, 7) is 3.22. The number of nitrogens with zero attached hydrogens (tertiary/aromatic N) is 1. The van der Waals surface area contributed by atoms with Gasteiger partial charge in [-0.2, -0.15) is 0 Å². The van der Waals surface area contributed by atoms with Crippen molar-refractivity contribution in [2.24, 2.45) is 0 Å². The van der Waals surface area contributed by atoms with Gasteiger partial charge in [-0.15, -0.1) is 0 Å². The number of hydrogen-bond acceptors (Lipinski definition) is 4. The number of carboxylic acid groups (broad SMARTS) is 1. The Balaban J connectivity index is 2.14. The number of carboxylic acids is 1. The second-order valence-electron chi connectivity index (χ2n) is 5.02. The first-order chi connectivity index (χ1) is 9.93. The van der Waals surface area contributed by atoms with Crippen LogP contribution in [0.3, 0.4) is 0 Å². The average molecular weight is 288 g/mol. The number of amides is 1. The molecule has 0 saturated heterocycles. The predicted octanol–water partition coefficient (Wildman–Crippen LogP) is 1.76. The number of hydrogen-bond donors (Lipinski definition) is 2. The molecule has 1 atom stereocenters. The zero-order chi connectivity index (χ0) is 15.5. The molecule has 1 unspecified atom stereocenters. The summed E-state index contributed by atoms with van der Waals surface area (Å²) in [6, 6.07) is 10.3. The van der Waals surface area contributed by atoms with Crippen LogP contribution in [0.2, 0.25) is 0 Å². The Labute approximate surface area is 121 Å². The van der Waals surface area contributed by atoms with Crippen molar-refractivity contribution in [2.75, 3.05) is 6.54 Å². The minimum Gasteiger partial charge on any atom is -0.481 e. The highest BCUT2D eigenvalue weighted by molar-refractivity contribution is 5.92.